The lowest BCUT2D eigenvalue weighted by Crippen LogP contribution is -1.95. The van der Waals surface area contributed by atoms with Crippen molar-refractivity contribution < 1.29 is 14.2 Å². The highest BCUT2D eigenvalue weighted by Crippen LogP contribution is 2.32. The van der Waals surface area contributed by atoms with Gasteiger partial charge in [-0.3, -0.25) is 0 Å². The molecule has 2 aromatic carbocycles. The fourth-order valence-electron chi connectivity index (χ4n) is 1.45. The molecule has 0 bridgehead atoms. The smallest absolute Gasteiger partial charge is 0.168 e. The van der Waals surface area contributed by atoms with Gasteiger partial charge in [0, 0.05) is 11.6 Å². The number of hydrogen-bond acceptors (Lipinski definition) is 2. The minimum absolute atomic E-state index is 0.0154. The molecular weight excluding hydrogens is 278 g/mol. The number of rotatable bonds is 3. The minimum atomic E-state index is -0.548. The van der Waals surface area contributed by atoms with Crippen molar-refractivity contribution in [3.8, 4) is 11.5 Å². The van der Waals surface area contributed by atoms with Crippen LogP contribution < -0.4 is 4.74 Å². The van der Waals surface area contributed by atoms with Crippen LogP contribution >= 0.6 is 23.2 Å². The topological polar surface area (TPSA) is 29.5 Å². The lowest BCUT2D eigenvalue weighted by atomic mass is 10.2. The van der Waals surface area contributed by atoms with Gasteiger partial charge in [-0.05, 0) is 18.2 Å². The van der Waals surface area contributed by atoms with Crippen molar-refractivity contribution in [2.45, 2.75) is 6.61 Å². The molecule has 0 heterocycles. The Hall–Kier alpha value is -1.29. The number of halogens is 3. The van der Waals surface area contributed by atoms with Gasteiger partial charge in [0.1, 0.15) is 5.75 Å². The van der Waals surface area contributed by atoms with E-state index in [4.69, 9.17) is 33.0 Å². The fourth-order valence-corrected chi connectivity index (χ4v) is 1.74. The molecule has 2 nitrogen and oxygen atoms in total. The van der Waals surface area contributed by atoms with Gasteiger partial charge in [-0.1, -0.05) is 35.3 Å². The van der Waals surface area contributed by atoms with Gasteiger partial charge in [0.15, 0.2) is 11.6 Å². The molecule has 0 aromatic heterocycles. The van der Waals surface area contributed by atoms with Gasteiger partial charge in [-0.25, -0.2) is 4.39 Å². The van der Waals surface area contributed by atoms with Crippen LogP contribution in [0.3, 0.4) is 0 Å². The summed E-state index contributed by atoms with van der Waals surface area (Å²) in [5.74, 6) is -0.213. The molecule has 0 fully saturated rings. The van der Waals surface area contributed by atoms with Crippen molar-refractivity contribution in [3.05, 3.63) is 57.8 Å². The van der Waals surface area contributed by atoms with E-state index in [9.17, 15) is 4.39 Å². The molecule has 94 valence electrons. The molecule has 0 spiro atoms. The third-order valence-electron chi connectivity index (χ3n) is 2.33. The summed E-state index contributed by atoms with van der Waals surface area (Å²) in [6, 6.07) is 8.95. The molecule has 0 radical (unpaired) electrons. The second kappa shape index (κ2) is 5.57. The van der Waals surface area contributed by atoms with E-state index in [1.165, 1.54) is 18.2 Å². The maximum atomic E-state index is 13.6. The molecule has 2 aromatic rings. The van der Waals surface area contributed by atoms with Crippen LogP contribution in [0.25, 0.3) is 0 Å². The molecule has 1 N–H and O–H groups in total. The maximum absolute atomic E-state index is 13.6. The summed E-state index contributed by atoms with van der Waals surface area (Å²) in [5, 5.41) is 9.83. The average molecular weight is 287 g/mol. The van der Waals surface area contributed by atoms with Crippen LogP contribution in [-0.2, 0) is 6.61 Å². The van der Waals surface area contributed by atoms with E-state index in [2.05, 4.69) is 0 Å². The Kier molecular flexibility index (Phi) is 4.07. The van der Waals surface area contributed by atoms with Crippen molar-refractivity contribution in [2.75, 3.05) is 0 Å². The normalized spacial score (nSPS) is 10.4. The summed E-state index contributed by atoms with van der Waals surface area (Å²) in [4.78, 5) is 0. The predicted molar refractivity (Wildman–Crippen MR) is 68.9 cm³/mol. The maximum Gasteiger partial charge on any atom is 0.168 e. The van der Waals surface area contributed by atoms with Crippen molar-refractivity contribution in [3.63, 3.8) is 0 Å². The number of aliphatic hydroxyl groups excluding tert-OH is 1. The lowest BCUT2D eigenvalue weighted by molar-refractivity contribution is 0.274. The van der Waals surface area contributed by atoms with Crippen LogP contribution in [-0.4, -0.2) is 5.11 Å². The van der Waals surface area contributed by atoms with Crippen molar-refractivity contribution in [1.29, 1.82) is 0 Å². The van der Waals surface area contributed by atoms with Crippen molar-refractivity contribution >= 4 is 23.2 Å². The molecule has 0 saturated heterocycles. The second-order valence-corrected chi connectivity index (χ2v) is 4.38. The van der Waals surface area contributed by atoms with Gasteiger partial charge in [0.2, 0.25) is 0 Å². The first-order valence-corrected chi connectivity index (χ1v) is 5.88. The molecule has 0 atom stereocenters. The van der Waals surface area contributed by atoms with Crippen molar-refractivity contribution in [2.24, 2.45) is 0 Å². The van der Waals surface area contributed by atoms with Gasteiger partial charge >= 0.3 is 0 Å². The third-order valence-corrected chi connectivity index (χ3v) is 3.07. The molecule has 5 heteroatoms. The Morgan fingerprint density at radius 3 is 2.56 bits per heavy atom. The van der Waals surface area contributed by atoms with Crippen LogP contribution in [0.4, 0.5) is 4.39 Å². The lowest BCUT2D eigenvalue weighted by Gasteiger charge is -2.11. The van der Waals surface area contributed by atoms with E-state index < -0.39 is 5.82 Å². The molecule has 0 aliphatic carbocycles. The van der Waals surface area contributed by atoms with E-state index in [0.29, 0.717) is 21.4 Å². The highest BCUT2D eigenvalue weighted by molar-refractivity contribution is 6.42. The summed E-state index contributed by atoms with van der Waals surface area (Å²) in [5.41, 5.74) is 0.362. The van der Waals surface area contributed by atoms with E-state index in [1.807, 2.05) is 0 Å². The summed E-state index contributed by atoms with van der Waals surface area (Å²) in [6.07, 6.45) is 0. The van der Waals surface area contributed by atoms with E-state index in [-0.39, 0.29) is 12.4 Å². The summed E-state index contributed by atoms with van der Waals surface area (Å²) >= 11 is 11.6. The van der Waals surface area contributed by atoms with Gasteiger partial charge in [0.25, 0.3) is 0 Å². The van der Waals surface area contributed by atoms with Crippen molar-refractivity contribution in [1.82, 2.24) is 0 Å². The third kappa shape index (κ3) is 2.75. The summed E-state index contributed by atoms with van der Waals surface area (Å²) in [7, 11) is 0. The standard InChI is InChI=1S/C13H9Cl2FO2/c14-10-5-4-9(6-11(10)15)18-13-8(7-17)2-1-3-12(13)16/h1-6,17H,7H2. The summed E-state index contributed by atoms with van der Waals surface area (Å²) < 4.78 is 19.0. The summed E-state index contributed by atoms with van der Waals surface area (Å²) in [6.45, 7) is -0.311. The number of ether oxygens (including phenoxy) is 1. The zero-order chi connectivity index (χ0) is 13.1. The first kappa shape index (κ1) is 13.1. The van der Waals surface area contributed by atoms with Crippen LogP contribution in [0.1, 0.15) is 5.56 Å². The Bertz CT molecular complexity index is 573. The number of benzene rings is 2. The first-order chi connectivity index (χ1) is 8.61. The second-order valence-electron chi connectivity index (χ2n) is 3.56. The molecule has 18 heavy (non-hydrogen) atoms. The van der Waals surface area contributed by atoms with Gasteiger partial charge in [-0.15, -0.1) is 0 Å². The zero-order valence-electron chi connectivity index (χ0n) is 9.16. The predicted octanol–water partition coefficient (Wildman–Crippen LogP) is 4.42. The Labute approximate surface area is 114 Å². The van der Waals surface area contributed by atoms with E-state index >= 15 is 0 Å². The van der Waals surface area contributed by atoms with Crippen LogP contribution in [0.2, 0.25) is 10.0 Å². The van der Waals surface area contributed by atoms with Crippen LogP contribution in [0, 0.1) is 5.82 Å². The van der Waals surface area contributed by atoms with Crippen LogP contribution in [0.15, 0.2) is 36.4 Å². The first-order valence-electron chi connectivity index (χ1n) is 5.13. The number of hydrogen-bond donors (Lipinski definition) is 1. The molecule has 0 amide bonds. The van der Waals surface area contributed by atoms with E-state index in [1.54, 1.807) is 18.2 Å². The number of para-hydroxylation sites is 1. The zero-order valence-corrected chi connectivity index (χ0v) is 10.7. The monoisotopic (exact) mass is 286 g/mol. The highest BCUT2D eigenvalue weighted by atomic mass is 35.5. The molecule has 2 rings (SSSR count). The fraction of sp³-hybridized carbons (Fsp3) is 0.0769. The van der Waals surface area contributed by atoms with Gasteiger partial charge < -0.3 is 9.84 Å². The molecular formula is C13H9Cl2FO2. The molecule has 0 aliphatic heterocycles. The average Bonchev–Trinajstić information content (AvgIpc) is 2.36. The van der Waals surface area contributed by atoms with Gasteiger partial charge in [0.05, 0.1) is 16.7 Å². The number of aliphatic hydroxyl groups is 1. The minimum Gasteiger partial charge on any atom is -0.454 e. The Balaban J connectivity index is 2.36. The molecule has 0 aliphatic rings. The Morgan fingerprint density at radius 2 is 1.89 bits per heavy atom. The van der Waals surface area contributed by atoms with Gasteiger partial charge in [-0.2, -0.15) is 0 Å². The quantitative estimate of drug-likeness (QED) is 0.905. The Morgan fingerprint density at radius 1 is 1.11 bits per heavy atom. The molecule has 0 unspecified atom stereocenters. The van der Waals surface area contributed by atoms with E-state index in [0.717, 1.165) is 0 Å². The highest BCUT2D eigenvalue weighted by Gasteiger charge is 2.11. The largest absolute Gasteiger partial charge is 0.454 e. The molecule has 0 saturated carbocycles. The van der Waals surface area contributed by atoms with Crippen LogP contribution in [0.5, 0.6) is 11.5 Å². The SMILES string of the molecule is OCc1cccc(F)c1Oc1ccc(Cl)c(Cl)c1.